The van der Waals surface area contributed by atoms with Crippen LogP contribution in [0.25, 0.3) is 0 Å². The second-order valence-electron chi connectivity index (χ2n) is 4.52. The molecule has 18 heavy (non-hydrogen) atoms. The summed E-state index contributed by atoms with van der Waals surface area (Å²) in [5.74, 6) is 0.703. The van der Waals surface area contributed by atoms with Gasteiger partial charge in [-0.25, -0.2) is 0 Å². The third-order valence-corrected chi connectivity index (χ3v) is 3.42. The molecule has 2 atom stereocenters. The molecular formula is C14H20O4. The van der Waals surface area contributed by atoms with Crippen molar-refractivity contribution in [1.82, 2.24) is 0 Å². The van der Waals surface area contributed by atoms with Gasteiger partial charge in [0.05, 0.1) is 19.3 Å². The standard InChI is InChI=1S/C14H20O4/c1-11-14(15,7-8-17-11)12-5-3-4-6-13(12)18-10-9-16-2/h3-6,11,15H,7-10H2,1-2H3. The number of ether oxygens (including phenoxy) is 3. The number of hydrogen-bond acceptors (Lipinski definition) is 4. The molecule has 0 aliphatic carbocycles. The van der Waals surface area contributed by atoms with E-state index in [0.29, 0.717) is 32.0 Å². The van der Waals surface area contributed by atoms with E-state index in [2.05, 4.69) is 0 Å². The summed E-state index contributed by atoms with van der Waals surface area (Å²) in [4.78, 5) is 0. The number of hydrogen-bond donors (Lipinski definition) is 1. The van der Waals surface area contributed by atoms with Crippen molar-refractivity contribution < 1.29 is 19.3 Å². The maximum atomic E-state index is 10.7. The minimum Gasteiger partial charge on any atom is -0.491 e. The van der Waals surface area contributed by atoms with E-state index in [-0.39, 0.29) is 6.10 Å². The van der Waals surface area contributed by atoms with Crippen molar-refractivity contribution in [2.24, 2.45) is 0 Å². The summed E-state index contributed by atoms with van der Waals surface area (Å²) in [6, 6.07) is 7.57. The quantitative estimate of drug-likeness (QED) is 0.810. The molecule has 0 amide bonds. The smallest absolute Gasteiger partial charge is 0.125 e. The summed E-state index contributed by atoms with van der Waals surface area (Å²) in [5.41, 5.74) is -0.157. The predicted octanol–water partition coefficient (Wildman–Crippen LogP) is 1.71. The Morgan fingerprint density at radius 3 is 2.83 bits per heavy atom. The van der Waals surface area contributed by atoms with Crippen LogP contribution in [-0.2, 0) is 15.1 Å². The van der Waals surface area contributed by atoms with E-state index >= 15 is 0 Å². The Morgan fingerprint density at radius 1 is 1.39 bits per heavy atom. The SMILES string of the molecule is COCCOc1ccccc1C1(O)CCOC1C. The molecular weight excluding hydrogens is 232 g/mol. The predicted molar refractivity (Wildman–Crippen MR) is 67.7 cm³/mol. The van der Waals surface area contributed by atoms with Gasteiger partial charge in [-0.1, -0.05) is 18.2 Å². The van der Waals surface area contributed by atoms with Crippen molar-refractivity contribution in [2.75, 3.05) is 26.9 Å². The van der Waals surface area contributed by atoms with Gasteiger partial charge < -0.3 is 19.3 Å². The number of rotatable bonds is 5. The van der Waals surface area contributed by atoms with E-state index in [1.165, 1.54) is 0 Å². The fourth-order valence-corrected chi connectivity index (χ4v) is 2.27. The molecule has 100 valence electrons. The second-order valence-corrected chi connectivity index (χ2v) is 4.52. The number of para-hydroxylation sites is 1. The van der Waals surface area contributed by atoms with Crippen LogP contribution in [0.1, 0.15) is 18.9 Å². The van der Waals surface area contributed by atoms with Crippen molar-refractivity contribution >= 4 is 0 Å². The summed E-state index contributed by atoms with van der Waals surface area (Å²) in [6.07, 6.45) is 0.378. The first-order valence-electron chi connectivity index (χ1n) is 6.23. The molecule has 2 rings (SSSR count). The van der Waals surface area contributed by atoms with Crippen molar-refractivity contribution in [1.29, 1.82) is 0 Å². The second kappa shape index (κ2) is 5.69. The average molecular weight is 252 g/mol. The minimum absolute atomic E-state index is 0.218. The Labute approximate surface area is 107 Å². The Balaban J connectivity index is 2.21. The van der Waals surface area contributed by atoms with E-state index in [9.17, 15) is 5.11 Å². The van der Waals surface area contributed by atoms with Crippen LogP contribution >= 0.6 is 0 Å². The molecule has 4 heteroatoms. The summed E-state index contributed by atoms with van der Waals surface area (Å²) in [7, 11) is 1.63. The van der Waals surface area contributed by atoms with E-state index in [1.807, 2.05) is 31.2 Å². The number of benzene rings is 1. The minimum atomic E-state index is -0.955. The summed E-state index contributed by atoms with van der Waals surface area (Å²) >= 11 is 0. The van der Waals surface area contributed by atoms with E-state index < -0.39 is 5.60 Å². The Kier molecular flexibility index (Phi) is 4.22. The van der Waals surface area contributed by atoms with Crippen molar-refractivity contribution in [3.8, 4) is 5.75 Å². The maximum absolute atomic E-state index is 10.7. The summed E-state index contributed by atoms with van der Waals surface area (Å²) < 4.78 is 16.1. The molecule has 1 aromatic rings. The van der Waals surface area contributed by atoms with Gasteiger partial charge in [-0.05, 0) is 13.0 Å². The Bertz CT molecular complexity index is 393. The molecule has 1 aliphatic rings. The van der Waals surface area contributed by atoms with Crippen LogP contribution in [0.4, 0.5) is 0 Å². The third-order valence-electron chi connectivity index (χ3n) is 3.42. The molecule has 0 bridgehead atoms. The molecule has 0 radical (unpaired) electrons. The van der Waals surface area contributed by atoms with Gasteiger partial charge in [-0.2, -0.15) is 0 Å². The first-order valence-corrected chi connectivity index (χ1v) is 6.23. The van der Waals surface area contributed by atoms with Crippen LogP contribution in [0.3, 0.4) is 0 Å². The highest BCUT2D eigenvalue weighted by Gasteiger charge is 2.42. The third kappa shape index (κ3) is 2.51. The monoisotopic (exact) mass is 252 g/mol. The molecule has 1 aliphatic heterocycles. The van der Waals surface area contributed by atoms with Crippen LogP contribution in [0.5, 0.6) is 5.75 Å². The zero-order chi connectivity index (χ0) is 13.0. The number of methoxy groups -OCH3 is 1. The molecule has 2 unspecified atom stereocenters. The molecule has 4 nitrogen and oxygen atoms in total. The average Bonchev–Trinajstić information content (AvgIpc) is 2.72. The summed E-state index contributed by atoms with van der Waals surface area (Å²) in [6.45, 7) is 3.46. The Hall–Kier alpha value is -1.10. The topological polar surface area (TPSA) is 47.9 Å². The van der Waals surface area contributed by atoms with Gasteiger partial charge in [0.25, 0.3) is 0 Å². The lowest BCUT2D eigenvalue weighted by Crippen LogP contribution is -2.33. The largest absolute Gasteiger partial charge is 0.491 e. The lowest BCUT2D eigenvalue weighted by atomic mass is 9.87. The maximum Gasteiger partial charge on any atom is 0.125 e. The Morgan fingerprint density at radius 2 is 2.17 bits per heavy atom. The van der Waals surface area contributed by atoms with Gasteiger partial charge in [-0.3, -0.25) is 0 Å². The molecule has 1 fully saturated rings. The van der Waals surface area contributed by atoms with E-state index in [1.54, 1.807) is 7.11 Å². The molecule has 1 N–H and O–H groups in total. The van der Waals surface area contributed by atoms with E-state index in [4.69, 9.17) is 14.2 Å². The fourth-order valence-electron chi connectivity index (χ4n) is 2.27. The molecule has 0 saturated carbocycles. The summed E-state index contributed by atoms with van der Waals surface area (Å²) in [5, 5.41) is 10.7. The molecule has 1 saturated heterocycles. The fraction of sp³-hybridized carbons (Fsp3) is 0.571. The van der Waals surface area contributed by atoms with E-state index in [0.717, 1.165) is 5.56 Å². The molecule has 0 aromatic heterocycles. The van der Waals surface area contributed by atoms with Gasteiger partial charge in [-0.15, -0.1) is 0 Å². The van der Waals surface area contributed by atoms with Gasteiger partial charge in [0, 0.05) is 19.1 Å². The lowest BCUT2D eigenvalue weighted by Gasteiger charge is -2.28. The van der Waals surface area contributed by atoms with Crippen LogP contribution in [-0.4, -0.2) is 38.1 Å². The van der Waals surface area contributed by atoms with Gasteiger partial charge in [0.15, 0.2) is 0 Å². The highest BCUT2D eigenvalue weighted by molar-refractivity contribution is 5.39. The molecule has 0 spiro atoms. The normalized spacial score (nSPS) is 27.4. The van der Waals surface area contributed by atoms with Gasteiger partial charge in [0.2, 0.25) is 0 Å². The van der Waals surface area contributed by atoms with Crippen molar-refractivity contribution in [3.05, 3.63) is 29.8 Å². The van der Waals surface area contributed by atoms with Gasteiger partial charge in [0.1, 0.15) is 18.0 Å². The van der Waals surface area contributed by atoms with Crippen LogP contribution in [0.2, 0.25) is 0 Å². The zero-order valence-corrected chi connectivity index (χ0v) is 10.9. The van der Waals surface area contributed by atoms with Crippen LogP contribution in [0, 0.1) is 0 Å². The molecule has 1 aromatic carbocycles. The van der Waals surface area contributed by atoms with Crippen LogP contribution < -0.4 is 4.74 Å². The van der Waals surface area contributed by atoms with Crippen molar-refractivity contribution in [3.63, 3.8) is 0 Å². The van der Waals surface area contributed by atoms with Crippen LogP contribution in [0.15, 0.2) is 24.3 Å². The molecule has 1 heterocycles. The highest BCUT2D eigenvalue weighted by atomic mass is 16.5. The van der Waals surface area contributed by atoms with Crippen molar-refractivity contribution in [2.45, 2.75) is 25.0 Å². The first-order chi connectivity index (χ1) is 8.68. The number of aliphatic hydroxyl groups is 1. The lowest BCUT2D eigenvalue weighted by molar-refractivity contribution is -0.0335. The highest BCUT2D eigenvalue weighted by Crippen LogP contribution is 2.40. The zero-order valence-electron chi connectivity index (χ0n) is 10.9. The first kappa shape index (κ1) is 13.3. The van der Waals surface area contributed by atoms with Gasteiger partial charge >= 0.3 is 0 Å².